The van der Waals surface area contributed by atoms with Crippen LogP contribution in [0.15, 0.2) is 78.9 Å². The molecule has 0 aromatic heterocycles. The van der Waals surface area contributed by atoms with Gasteiger partial charge in [0, 0.05) is 11.3 Å². The summed E-state index contributed by atoms with van der Waals surface area (Å²) in [5, 5.41) is 0.443. The molecule has 1 atom stereocenters. The molecule has 0 radical (unpaired) electrons. The maximum absolute atomic E-state index is 13.1. The number of piperidine rings is 1. The van der Waals surface area contributed by atoms with Crippen LogP contribution >= 0.6 is 11.8 Å². The Morgan fingerprint density at radius 1 is 0.862 bits per heavy atom. The van der Waals surface area contributed by atoms with Crippen LogP contribution in [0.2, 0.25) is 0 Å². The summed E-state index contributed by atoms with van der Waals surface area (Å²) < 4.78 is 13.4. The molecule has 29 heavy (non-hydrogen) atoms. The smallest absolute Gasteiger partial charge is 0.123 e. The van der Waals surface area contributed by atoms with Gasteiger partial charge in [-0.25, -0.2) is 4.39 Å². The van der Waals surface area contributed by atoms with Gasteiger partial charge in [0.15, 0.2) is 0 Å². The Morgan fingerprint density at radius 2 is 1.55 bits per heavy atom. The molecule has 0 aliphatic carbocycles. The van der Waals surface area contributed by atoms with E-state index in [-0.39, 0.29) is 10.6 Å². The van der Waals surface area contributed by atoms with Crippen LogP contribution < -0.4 is 0 Å². The van der Waals surface area contributed by atoms with Crippen molar-refractivity contribution in [2.75, 3.05) is 19.6 Å². The van der Waals surface area contributed by atoms with E-state index in [4.69, 9.17) is 0 Å². The zero-order valence-corrected chi connectivity index (χ0v) is 17.4. The molecule has 3 aromatic rings. The van der Waals surface area contributed by atoms with Crippen LogP contribution in [0.5, 0.6) is 0 Å². The first-order valence-electron chi connectivity index (χ1n) is 10.5. The number of hydrogen-bond donors (Lipinski definition) is 0. The molecule has 0 N–H and O–H groups in total. The van der Waals surface area contributed by atoms with Gasteiger partial charge >= 0.3 is 0 Å². The van der Waals surface area contributed by atoms with E-state index in [1.165, 1.54) is 29.5 Å². The first-order chi connectivity index (χ1) is 14.2. The zero-order chi connectivity index (χ0) is 19.7. The number of thioether (sulfide) groups is 1. The predicted molar refractivity (Wildman–Crippen MR) is 120 cm³/mol. The second-order valence-electron chi connectivity index (χ2n) is 8.21. The molecule has 1 fully saturated rings. The summed E-state index contributed by atoms with van der Waals surface area (Å²) in [4.78, 5) is 2.58. The fourth-order valence-corrected chi connectivity index (χ4v) is 6.64. The minimum absolute atomic E-state index is 0.154. The molecular formula is C26H26FNS. The number of fused-ring (bicyclic) bond motifs is 2. The summed E-state index contributed by atoms with van der Waals surface area (Å²) in [6, 6.07) is 27.0. The Labute approximate surface area is 177 Å². The van der Waals surface area contributed by atoms with Crippen molar-refractivity contribution in [2.24, 2.45) is 0 Å². The van der Waals surface area contributed by atoms with Crippen LogP contribution in [0.3, 0.4) is 0 Å². The van der Waals surface area contributed by atoms with E-state index < -0.39 is 0 Å². The quantitative estimate of drug-likeness (QED) is 0.510. The summed E-state index contributed by atoms with van der Waals surface area (Å²) in [6.07, 6.45) is 3.38. The van der Waals surface area contributed by atoms with Gasteiger partial charge in [0.25, 0.3) is 0 Å². The average molecular weight is 404 g/mol. The summed E-state index contributed by atoms with van der Waals surface area (Å²) >= 11 is 2.17. The Morgan fingerprint density at radius 3 is 2.31 bits per heavy atom. The van der Waals surface area contributed by atoms with Crippen LogP contribution in [0.25, 0.3) is 0 Å². The van der Waals surface area contributed by atoms with E-state index in [0.29, 0.717) is 5.25 Å². The highest BCUT2D eigenvalue weighted by Crippen LogP contribution is 2.61. The van der Waals surface area contributed by atoms with Gasteiger partial charge < -0.3 is 4.90 Å². The standard InChI is InChI=1S/C26H26FNS/c27-22-12-10-20(11-13-22)14-17-28-18-15-26(16-19-28)24-9-5-4-8-23(24)25(29-26)21-6-2-1-3-7-21/h1-13,25H,14-19H2. The molecule has 5 rings (SSSR count). The molecule has 1 unspecified atom stereocenters. The molecular weight excluding hydrogens is 377 g/mol. The Kier molecular flexibility index (Phi) is 5.19. The van der Waals surface area contributed by atoms with E-state index in [9.17, 15) is 4.39 Å². The average Bonchev–Trinajstić information content (AvgIpc) is 3.10. The predicted octanol–water partition coefficient (Wildman–Crippen LogP) is 6.20. The third-order valence-electron chi connectivity index (χ3n) is 6.47. The van der Waals surface area contributed by atoms with E-state index in [0.717, 1.165) is 26.1 Å². The van der Waals surface area contributed by atoms with Gasteiger partial charge in [-0.2, -0.15) is 0 Å². The van der Waals surface area contributed by atoms with Crippen LogP contribution in [0, 0.1) is 5.82 Å². The number of hydrogen-bond acceptors (Lipinski definition) is 2. The van der Waals surface area contributed by atoms with E-state index in [1.54, 1.807) is 17.7 Å². The Balaban J connectivity index is 1.29. The molecule has 1 spiro atoms. The highest BCUT2D eigenvalue weighted by Gasteiger charge is 2.46. The fraction of sp³-hybridized carbons (Fsp3) is 0.308. The number of nitrogens with zero attached hydrogens (tertiary/aromatic N) is 1. The van der Waals surface area contributed by atoms with Crippen molar-refractivity contribution in [1.29, 1.82) is 0 Å². The van der Waals surface area contributed by atoms with Gasteiger partial charge in [-0.05, 0) is 66.7 Å². The second-order valence-corrected chi connectivity index (χ2v) is 9.70. The van der Waals surface area contributed by atoms with Crippen molar-refractivity contribution < 1.29 is 4.39 Å². The molecule has 2 aliphatic rings. The molecule has 0 saturated carbocycles. The van der Waals surface area contributed by atoms with Crippen molar-refractivity contribution in [2.45, 2.75) is 29.3 Å². The van der Waals surface area contributed by atoms with Crippen LogP contribution in [-0.4, -0.2) is 24.5 Å². The van der Waals surface area contributed by atoms with Gasteiger partial charge in [0.1, 0.15) is 5.82 Å². The molecule has 3 heteroatoms. The maximum Gasteiger partial charge on any atom is 0.123 e. The maximum atomic E-state index is 13.1. The first-order valence-corrected chi connectivity index (χ1v) is 11.4. The van der Waals surface area contributed by atoms with Crippen molar-refractivity contribution in [1.82, 2.24) is 4.90 Å². The molecule has 0 bridgehead atoms. The molecule has 2 heterocycles. The van der Waals surface area contributed by atoms with Gasteiger partial charge in [-0.3, -0.25) is 0 Å². The lowest BCUT2D eigenvalue weighted by Gasteiger charge is -2.40. The lowest BCUT2D eigenvalue weighted by molar-refractivity contribution is 0.203. The van der Waals surface area contributed by atoms with Crippen molar-refractivity contribution in [3.63, 3.8) is 0 Å². The molecule has 0 amide bonds. The van der Waals surface area contributed by atoms with E-state index in [1.807, 2.05) is 12.1 Å². The fourth-order valence-electron chi connectivity index (χ4n) is 4.83. The molecule has 3 aromatic carbocycles. The van der Waals surface area contributed by atoms with Gasteiger partial charge in [-0.15, -0.1) is 11.8 Å². The number of likely N-dealkylation sites (tertiary alicyclic amines) is 1. The first kappa shape index (κ1) is 18.9. The zero-order valence-electron chi connectivity index (χ0n) is 16.6. The summed E-state index contributed by atoms with van der Waals surface area (Å²) in [5.41, 5.74) is 5.69. The Hall–Kier alpha value is -2.10. The minimum atomic E-state index is -0.154. The van der Waals surface area contributed by atoms with E-state index >= 15 is 0 Å². The molecule has 148 valence electrons. The highest BCUT2D eigenvalue weighted by atomic mass is 32.2. The lowest BCUT2D eigenvalue weighted by atomic mass is 9.84. The molecule has 2 aliphatic heterocycles. The van der Waals surface area contributed by atoms with E-state index in [2.05, 4.69) is 71.3 Å². The molecule has 1 saturated heterocycles. The van der Waals surface area contributed by atoms with Gasteiger partial charge in [0.05, 0.1) is 5.25 Å². The Bertz CT molecular complexity index is 962. The largest absolute Gasteiger partial charge is 0.303 e. The van der Waals surface area contributed by atoms with Crippen LogP contribution in [0.4, 0.5) is 4.39 Å². The summed E-state index contributed by atoms with van der Waals surface area (Å²) in [7, 11) is 0. The third-order valence-corrected chi connectivity index (χ3v) is 8.31. The second kappa shape index (κ2) is 7.97. The van der Waals surface area contributed by atoms with Crippen molar-refractivity contribution in [3.05, 3.63) is 107 Å². The van der Waals surface area contributed by atoms with Crippen LogP contribution in [0.1, 0.15) is 40.3 Å². The van der Waals surface area contributed by atoms with Crippen molar-refractivity contribution >= 4 is 11.8 Å². The molecule has 1 nitrogen and oxygen atoms in total. The summed E-state index contributed by atoms with van der Waals surface area (Å²) in [6.45, 7) is 3.31. The third kappa shape index (κ3) is 3.74. The SMILES string of the molecule is Fc1ccc(CCN2CCC3(CC2)SC(c2ccccc2)c2ccccc23)cc1. The van der Waals surface area contributed by atoms with Gasteiger partial charge in [0.2, 0.25) is 0 Å². The highest BCUT2D eigenvalue weighted by molar-refractivity contribution is 8.01. The normalized spacial score (nSPS) is 20.7. The summed E-state index contributed by atoms with van der Waals surface area (Å²) in [5.74, 6) is -0.154. The monoisotopic (exact) mass is 403 g/mol. The lowest BCUT2D eigenvalue weighted by Crippen LogP contribution is -2.40. The topological polar surface area (TPSA) is 3.24 Å². The van der Waals surface area contributed by atoms with Gasteiger partial charge in [-0.1, -0.05) is 66.7 Å². The minimum Gasteiger partial charge on any atom is -0.303 e. The van der Waals surface area contributed by atoms with Crippen molar-refractivity contribution in [3.8, 4) is 0 Å². The number of benzene rings is 3. The number of rotatable bonds is 4. The number of halogens is 1. The van der Waals surface area contributed by atoms with Crippen LogP contribution in [-0.2, 0) is 11.2 Å².